The van der Waals surface area contributed by atoms with E-state index < -0.39 is 0 Å². The number of hydrogen-bond donors (Lipinski definition) is 1. The second-order valence-corrected chi connectivity index (χ2v) is 4.30. The van der Waals surface area contributed by atoms with E-state index in [1.807, 2.05) is 13.8 Å². The first-order valence-corrected chi connectivity index (χ1v) is 5.00. The zero-order chi connectivity index (χ0) is 8.22. The third-order valence-electron chi connectivity index (χ3n) is 3.99. The largest absolute Gasteiger partial charge is 0.310 e. The summed E-state index contributed by atoms with van der Waals surface area (Å²) in [6.07, 6.45) is 1.44. The molecule has 3 fully saturated rings. The normalized spacial score (nSPS) is 62.2. The fourth-order valence-corrected chi connectivity index (χ4v) is 3.38. The highest BCUT2D eigenvalue weighted by atomic mass is 15.2. The molecule has 1 heterocycles. The van der Waals surface area contributed by atoms with E-state index in [2.05, 4.69) is 19.2 Å². The molecule has 3 rings (SSSR count). The molecule has 64 valence electrons. The maximum atomic E-state index is 3.59. The molecule has 0 radical (unpaired) electrons. The van der Waals surface area contributed by atoms with E-state index in [4.69, 9.17) is 0 Å². The number of hydrogen-bond acceptors (Lipinski definition) is 1. The van der Waals surface area contributed by atoms with Crippen LogP contribution in [-0.2, 0) is 0 Å². The van der Waals surface area contributed by atoms with Crippen molar-refractivity contribution >= 4 is 0 Å². The maximum Gasteiger partial charge on any atom is 0.0179 e. The van der Waals surface area contributed by atoms with Crippen molar-refractivity contribution in [1.29, 1.82) is 0 Å². The summed E-state index contributed by atoms with van der Waals surface area (Å²) in [5, 5.41) is 3.59. The van der Waals surface area contributed by atoms with Crippen LogP contribution >= 0.6 is 0 Å². The number of nitrogens with one attached hydrogen (secondary N) is 1. The average molecular weight is 153 g/mol. The Morgan fingerprint density at radius 1 is 1.36 bits per heavy atom. The van der Waals surface area contributed by atoms with Gasteiger partial charge in [0.1, 0.15) is 0 Å². The van der Waals surface area contributed by atoms with Crippen LogP contribution in [0.1, 0.15) is 34.1 Å². The summed E-state index contributed by atoms with van der Waals surface area (Å²) in [6, 6.07) is 1.84. The lowest BCUT2D eigenvalue weighted by Gasteiger charge is -2.34. The van der Waals surface area contributed by atoms with Gasteiger partial charge in [-0.15, -0.1) is 0 Å². The van der Waals surface area contributed by atoms with Crippen LogP contribution in [0.25, 0.3) is 0 Å². The third-order valence-corrected chi connectivity index (χ3v) is 3.99. The van der Waals surface area contributed by atoms with E-state index in [-0.39, 0.29) is 0 Å². The van der Waals surface area contributed by atoms with Crippen LogP contribution < -0.4 is 5.32 Å². The van der Waals surface area contributed by atoms with Gasteiger partial charge < -0.3 is 5.32 Å². The lowest BCUT2D eigenvalue weighted by atomic mass is 9.90. The van der Waals surface area contributed by atoms with Gasteiger partial charge in [-0.25, -0.2) is 0 Å². The Labute approximate surface area is 69.6 Å². The van der Waals surface area contributed by atoms with E-state index in [1.54, 1.807) is 0 Å². The summed E-state index contributed by atoms with van der Waals surface area (Å²) in [5.41, 5.74) is 0.777. The summed E-state index contributed by atoms with van der Waals surface area (Å²) < 4.78 is 0. The quantitative estimate of drug-likeness (QED) is 0.561. The van der Waals surface area contributed by atoms with Crippen molar-refractivity contribution in [3.63, 3.8) is 0 Å². The van der Waals surface area contributed by atoms with E-state index in [0.717, 1.165) is 29.3 Å². The van der Waals surface area contributed by atoms with Gasteiger partial charge in [-0.2, -0.15) is 0 Å². The van der Waals surface area contributed by atoms with Gasteiger partial charge in [-0.05, 0) is 18.3 Å². The predicted octanol–water partition coefficient (Wildman–Crippen LogP) is 2.03. The monoisotopic (exact) mass is 153 g/mol. The van der Waals surface area contributed by atoms with Gasteiger partial charge in [0.05, 0.1) is 0 Å². The topological polar surface area (TPSA) is 12.0 Å². The molecule has 2 saturated carbocycles. The Balaban J connectivity index is 0.000000224. The van der Waals surface area contributed by atoms with Crippen molar-refractivity contribution in [3.8, 4) is 0 Å². The standard InChI is InChI=1S/C8H13N.C2H6/c1-4-3-5-8(2)6(4)7(8)9-5;1-2/h4-7,9H,3H2,1-2H3;1-2H3. The second kappa shape index (κ2) is 2.01. The molecule has 1 nitrogen and oxygen atoms in total. The van der Waals surface area contributed by atoms with Gasteiger partial charge in [0.15, 0.2) is 0 Å². The molecule has 5 atom stereocenters. The van der Waals surface area contributed by atoms with Gasteiger partial charge in [-0.3, -0.25) is 0 Å². The molecule has 0 bridgehead atoms. The van der Waals surface area contributed by atoms with Crippen LogP contribution in [-0.4, -0.2) is 12.1 Å². The molecule has 1 aliphatic heterocycles. The highest BCUT2D eigenvalue weighted by Gasteiger charge is 2.78. The first-order valence-electron chi connectivity index (χ1n) is 5.00. The lowest BCUT2D eigenvalue weighted by Crippen LogP contribution is -2.51. The molecule has 3 aliphatic rings. The summed E-state index contributed by atoms with van der Waals surface area (Å²) in [7, 11) is 0. The Morgan fingerprint density at radius 3 is 2.18 bits per heavy atom. The molecule has 2 aliphatic carbocycles. The zero-order valence-corrected chi connectivity index (χ0v) is 8.02. The molecule has 1 heteroatoms. The molecule has 0 aromatic rings. The van der Waals surface area contributed by atoms with Crippen molar-refractivity contribution < 1.29 is 0 Å². The molecule has 0 aromatic carbocycles. The first-order chi connectivity index (χ1) is 5.24. The first kappa shape index (κ1) is 7.60. The molecule has 5 unspecified atom stereocenters. The van der Waals surface area contributed by atoms with Crippen LogP contribution in [0.3, 0.4) is 0 Å². The van der Waals surface area contributed by atoms with Gasteiger partial charge in [0.2, 0.25) is 0 Å². The molecule has 1 saturated heterocycles. The summed E-state index contributed by atoms with van der Waals surface area (Å²) in [6.45, 7) is 8.86. The highest BCUT2D eigenvalue weighted by Crippen LogP contribution is 2.71. The summed E-state index contributed by atoms with van der Waals surface area (Å²) in [5.74, 6) is 2.08. The lowest BCUT2D eigenvalue weighted by molar-refractivity contribution is 0.230. The molecule has 0 spiro atoms. The van der Waals surface area contributed by atoms with Gasteiger partial charge >= 0.3 is 0 Å². The van der Waals surface area contributed by atoms with Gasteiger partial charge in [0, 0.05) is 17.5 Å². The van der Waals surface area contributed by atoms with Crippen molar-refractivity contribution in [1.82, 2.24) is 5.32 Å². The van der Waals surface area contributed by atoms with Crippen LogP contribution in [0.5, 0.6) is 0 Å². The Bertz CT molecular complexity index is 176. The molecule has 11 heavy (non-hydrogen) atoms. The number of fused-ring (bicyclic) bond motifs is 1. The summed E-state index contributed by atoms with van der Waals surface area (Å²) in [4.78, 5) is 0. The zero-order valence-electron chi connectivity index (χ0n) is 8.02. The van der Waals surface area contributed by atoms with Gasteiger partial charge in [0.25, 0.3) is 0 Å². The van der Waals surface area contributed by atoms with Crippen LogP contribution in [0.15, 0.2) is 0 Å². The fourth-order valence-electron chi connectivity index (χ4n) is 3.38. The van der Waals surface area contributed by atoms with Crippen molar-refractivity contribution in [2.45, 2.75) is 46.2 Å². The van der Waals surface area contributed by atoms with E-state index in [1.165, 1.54) is 6.42 Å². The van der Waals surface area contributed by atoms with Crippen LogP contribution in [0.2, 0.25) is 0 Å². The second-order valence-electron chi connectivity index (χ2n) is 4.30. The number of piperidine rings is 1. The third kappa shape index (κ3) is 0.618. The fraction of sp³-hybridized carbons (Fsp3) is 1.00. The Kier molecular flexibility index (Phi) is 1.39. The number of rotatable bonds is 0. The highest BCUT2D eigenvalue weighted by molar-refractivity contribution is 5.32. The minimum Gasteiger partial charge on any atom is -0.310 e. The minimum absolute atomic E-state index is 0.777. The van der Waals surface area contributed by atoms with E-state index >= 15 is 0 Å². The average Bonchev–Trinajstić information content (AvgIpc) is 2.45. The van der Waals surface area contributed by atoms with Gasteiger partial charge in [-0.1, -0.05) is 27.7 Å². The summed E-state index contributed by atoms with van der Waals surface area (Å²) >= 11 is 0. The molecule has 1 N–H and O–H groups in total. The van der Waals surface area contributed by atoms with E-state index in [0.29, 0.717) is 0 Å². The molecule has 0 amide bonds. The van der Waals surface area contributed by atoms with Crippen molar-refractivity contribution in [3.05, 3.63) is 0 Å². The molecule has 0 aromatic heterocycles. The van der Waals surface area contributed by atoms with E-state index in [9.17, 15) is 0 Å². The Hall–Kier alpha value is -0.0400. The van der Waals surface area contributed by atoms with Crippen LogP contribution in [0.4, 0.5) is 0 Å². The molecular formula is C10H19N. The maximum absolute atomic E-state index is 3.59. The minimum atomic E-state index is 0.777. The van der Waals surface area contributed by atoms with Crippen LogP contribution in [0, 0.1) is 17.3 Å². The Morgan fingerprint density at radius 2 is 2.00 bits per heavy atom. The molecular weight excluding hydrogens is 134 g/mol. The van der Waals surface area contributed by atoms with Crippen molar-refractivity contribution in [2.24, 2.45) is 17.3 Å². The smallest absolute Gasteiger partial charge is 0.0179 e. The predicted molar refractivity (Wildman–Crippen MR) is 47.4 cm³/mol. The SMILES string of the molecule is CC.CC1CC2NC3C1C23C. The van der Waals surface area contributed by atoms with Crippen molar-refractivity contribution in [2.75, 3.05) is 0 Å².